The van der Waals surface area contributed by atoms with Crippen LogP contribution >= 0.6 is 0 Å². The van der Waals surface area contributed by atoms with Gasteiger partial charge in [0.2, 0.25) is 5.95 Å². The highest BCUT2D eigenvalue weighted by atomic mass is 19.1. The number of pyridine rings is 1. The number of anilines is 2. The molecule has 3 aromatic heterocycles. The van der Waals surface area contributed by atoms with Crippen molar-refractivity contribution in [3.05, 3.63) is 69.9 Å². The van der Waals surface area contributed by atoms with E-state index >= 15 is 0 Å². The standard InChI is InChI=1S/C28H28FN7O/c29-16-27(7-8-27)23-14-20(6-11-30-23)35-24-21(25(37)36(35)19-2-3-19)15-31-26(34-24)33-18-1-4-22-17(13-18)5-12-32-28(22)9-10-28/h1,4,6,11,13-15,19,32H,2-3,5,7-10,12,16H2,(H,31,33,34). The van der Waals surface area contributed by atoms with Crippen LogP contribution in [0.1, 0.15) is 61.4 Å². The Morgan fingerprint density at radius 2 is 1.97 bits per heavy atom. The molecule has 1 aromatic carbocycles. The van der Waals surface area contributed by atoms with Crippen LogP contribution in [-0.2, 0) is 17.4 Å². The number of hydrogen-bond donors (Lipinski definition) is 2. The van der Waals surface area contributed by atoms with E-state index in [2.05, 4.69) is 38.8 Å². The van der Waals surface area contributed by atoms with Crippen LogP contribution < -0.4 is 16.2 Å². The van der Waals surface area contributed by atoms with Gasteiger partial charge >= 0.3 is 0 Å². The number of rotatable bonds is 6. The lowest BCUT2D eigenvalue weighted by Crippen LogP contribution is -2.36. The van der Waals surface area contributed by atoms with E-state index in [9.17, 15) is 9.18 Å². The van der Waals surface area contributed by atoms with Gasteiger partial charge in [0.25, 0.3) is 5.56 Å². The molecule has 37 heavy (non-hydrogen) atoms. The first kappa shape index (κ1) is 21.5. The van der Waals surface area contributed by atoms with Crippen molar-refractivity contribution in [2.45, 2.75) is 61.9 Å². The third-order valence-corrected chi connectivity index (χ3v) is 8.64. The molecule has 0 bridgehead atoms. The molecule has 8 rings (SSSR count). The summed E-state index contributed by atoms with van der Waals surface area (Å²) in [7, 11) is 0. The van der Waals surface area contributed by atoms with Gasteiger partial charge in [0.15, 0.2) is 5.65 Å². The minimum absolute atomic E-state index is 0.0925. The quantitative estimate of drug-likeness (QED) is 0.415. The molecule has 0 amide bonds. The van der Waals surface area contributed by atoms with Crippen LogP contribution in [0.2, 0.25) is 0 Å². The molecule has 1 spiro atoms. The lowest BCUT2D eigenvalue weighted by atomic mass is 9.92. The Labute approximate surface area is 212 Å². The number of benzene rings is 1. The molecule has 3 saturated carbocycles. The van der Waals surface area contributed by atoms with Crippen molar-refractivity contribution in [2.75, 3.05) is 18.5 Å². The summed E-state index contributed by atoms with van der Waals surface area (Å²) < 4.78 is 17.5. The highest BCUT2D eigenvalue weighted by Gasteiger charge is 2.47. The summed E-state index contributed by atoms with van der Waals surface area (Å²) in [5, 5.41) is 7.53. The predicted molar refractivity (Wildman–Crippen MR) is 138 cm³/mol. The molecular formula is C28H28FN7O. The molecule has 0 saturated heterocycles. The van der Waals surface area contributed by atoms with Gasteiger partial charge in [0, 0.05) is 35.6 Å². The monoisotopic (exact) mass is 497 g/mol. The fourth-order valence-corrected chi connectivity index (χ4v) is 5.98. The van der Waals surface area contributed by atoms with E-state index in [1.54, 1.807) is 17.1 Å². The minimum Gasteiger partial charge on any atom is -0.324 e. The first-order valence-corrected chi connectivity index (χ1v) is 13.3. The van der Waals surface area contributed by atoms with Gasteiger partial charge in [-0.25, -0.2) is 14.3 Å². The average molecular weight is 498 g/mol. The maximum Gasteiger partial charge on any atom is 0.278 e. The lowest BCUT2D eigenvalue weighted by molar-refractivity contribution is 0.412. The zero-order valence-electron chi connectivity index (χ0n) is 20.5. The van der Waals surface area contributed by atoms with Crippen molar-refractivity contribution in [1.82, 2.24) is 29.6 Å². The molecule has 4 aromatic rings. The number of alkyl halides is 1. The summed E-state index contributed by atoms with van der Waals surface area (Å²) in [4.78, 5) is 27.2. The summed E-state index contributed by atoms with van der Waals surface area (Å²) in [6, 6.07) is 10.4. The van der Waals surface area contributed by atoms with Crippen molar-refractivity contribution < 1.29 is 4.39 Å². The maximum absolute atomic E-state index is 13.8. The number of hydrogen-bond acceptors (Lipinski definition) is 6. The summed E-state index contributed by atoms with van der Waals surface area (Å²) in [5.41, 5.74) is 5.41. The van der Waals surface area contributed by atoms with E-state index in [0.717, 1.165) is 55.7 Å². The van der Waals surface area contributed by atoms with Gasteiger partial charge in [-0.15, -0.1) is 0 Å². The van der Waals surface area contributed by atoms with Gasteiger partial charge in [-0.2, -0.15) is 4.98 Å². The van der Waals surface area contributed by atoms with Crippen molar-refractivity contribution >= 4 is 22.7 Å². The Morgan fingerprint density at radius 1 is 1.11 bits per heavy atom. The second kappa shape index (κ2) is 7.47. The smallest absolute Gasteiger partial charge is 0.278 e. The number of nitrogens with one attached hydrogen (secondary N) is 2. The SMILES string of the molecule is O=c1c2cnc(Nc3ccc4c(c3)CCNC43CC3)nc2n(-c2ccnc(C3(CF)CC3)c2)n1C1CC1. The summed E-state index contributed by atoms with van der Waals surface area (Å²) >= 11 is 0. The summed E-state index contributed by atoms with van der Waals surface area (Å²) in [6.07, 6.45) is 10.2. The van der Waals surface area contributed by atoms with Gasteiger partial charge in [-0.3, -0.25) is 14.2 Å². The van der Waals surface area contributed by atoms with E-state index in [1.807, 2.05) is 16.8 Å². The Bertz CT molecular complexity index is 1630. The number of fused-ring (bicyclic) bond motifs is 3. The third-order valence-electron chi connectivity index (χ3n) is 8.64. The third kappa shape index (κ3) is 3.29. The molecule has 0 radical (unpaired) electrons. The predicted octanol–water partition coefficient (Wildman–Crippen LogP) is 4.19. The van der Waals surface area contributed by atoms with Crippen molar-refractivity contribution in [3.63, 3.8) is 0 Å². The molecule has 9 heteroatoms. The maximum atomic E-state index is 13.8. The van der Waals surface area contributed by atoms with Crippen LogP contribution in [0.5, 0.6) is 0 Å². The van der Waals surface area contributed by atoms with Crippen LogP contribution in [0.15, 0.2) is 47.5 Å². The molecule has 3 fully saturated rings. The highest BCUT2D eigenvalue weighted by molar-refractivity contribution is 5.77. The van der Waals surface area contributed by atoms with Gasteiger partial charge in [-0.05, 0) is 80.3 Å². The van der Waals surface area contributed by atoms with E-state index in [4.69, 9.17) is 4.98 Å². The van der Waals surface area contributed by atoms with Gasteiger partial charge < -0.3 is 10.6 Å². The number of nitrogens with zero attached hydrogens (tertiary/aromatic N) is 5. The average Bonchev–Trinajstić information content (AvgIpc) is 3.80. The van der Waals surface area contributed by atoms with Crippen LogP contribution in [0, 0.1) is 0 Å². The molecule has 1 aliphatic heterocycles. The van der Waals surface area contributed by atoms with E-state index in [0.29, 0.717) is 17.0 Å². The molecule has 3 aliphatic carbocycles. The molecule has 8 nitrogen and oxygen atoms in total. The lowest BCUT2D eigenvalue weighted by Gasteiger charge is -2.27. The zero-order valence-corrected chi connectivity index (χ0v) is 20.5. The second-order valence-electron chi connectivity index (χ2n) is 11.2. The summed E-state index contributed by atoms with van der Waals surface area (Å²) in [6.45, 7) is 0.580. The van der Waals surface area contributed by atoms with Crippen LogP contribution in [-0.4, -0.2) is 37.5 Å². The fraction of sp³-hybridized carbons (Fsp3) is 0.429. The van der Waals surface area contributed by atoms with E-state index in [-0.39, 0.29) is 17.1 Å². The highest BCUT2D eigenvalue weighted by Crippen LogP contribution is 2.49. The Kier molecular flexibility index (Phi) is 4.34. The van der Waals surface area contributed by atoms with E-state index < -0.39 is 12.1 Å². The number of aromatic nitrogens is 5. The zero-order chi connectivity index (χ0) is 24.8. The molecule has 2 N–H and O–H groups in total. The van der Waals surface area contributed by atoms with Crippen LogP contribution in [0.25, 0.3) is 16.7 Å². The van der Waals surface area contributed by atoms with Crippen LogP contribution in [0.3, 0.4) is 0 Å². The Morgan fingerprint density at radius 3 is 2.73 bits per heavy atom. The molecule has 0 unspecified atom stereocenters. The minimum atomic E-state index is -0.480. The molecule has 188 valence electrons. The topological polar surface area (TPSA) is 89.7 Å². The molecule has 0 atom stereocenters. The molecule has 4 heterocycles. The van der Waals surface area contributed by atoms with Crippen molar-refractivity contribution in [3.8, 4) is 5.69 Å². The van der Waals surface area contributed by atoms with Gasteiger partial charge in [0.05, 0.1) is 17.4 Å². The number of halogens is 1. The Balaban J connectivity index is 1.21. The Hall–Kier alpha value is -3.59. The first-order chi connectivity index (χ1) is 18.1. The second-order valence-corrected chi connectivity index (χ2v) is 11.2. The first-order valence-electron chi connectivity index (χ1n) is 13.3. The van der Waals surface area contributed by atoms with Crippen molar-refractivity contribution in [1.29, 1.82) is 0 Å². The molecular weight excluding hydrogens is 469 g/mol. The van der Waals surface area contributed by atoms with Crippen molar-refractivity contribution in [2.24, 2.45) is 0 Å². The van der Waals surface area contributed by atoms with Crippen LogP contribution in [0.4, 0.5) is 16.0 Å². The fourth-order valence-electron chi connectivity index (χ4n) is 5.98. The summed E-state index contributed by atoms with van der Waals surface area (Å²) in [5.74, 6) is 0.445. The van der Waals surface area contributed by atoms with Gasteiger partial charge in [-0.1, -0.05) is 6.07 Å². The molecule has 4 aliphatic rings. The normalized spacial score (nSPS) is 20.7. The van der Waals surface area contributed by atoms with Gasteiger partial charge in [0.1, 0.15) is 12.1 Å². The largest absolute Gasteiger partial charge is 0.324 e. The van der Waals surface area contributed by atoms with E-state index in [1.165, 1.54) is 24.0 Å².